The molecule has 0 radical (unpaired) electrons. The molecule has 0 rings (SSSR count). The first kappa shape index (κ1) is 55.2. The van der Waals surface area contributed by atoms with Crippen molar-refractivity contribution in [2.75, 3.05) is 13.2 Å². The van der Waals surface area contributed by atoms with E-state index in [0.29, 0.717) is 0 Å². The van der Waals surface area contributed by atoms with Gasteiger partial charge in [-0.2, -0.15) is 149 Å². The summed E-state index contributed by atoms with van der Waals surface area (Å²) in [5.41, 5.74) is 0. The van der Waals surface area contributed by atoms with E-state index in [-0.39, 0.29) is 0 Å². The van der Waals surface area contributed by atoms with Crippen molar-refractivity contribution >= 4 is 33.6 Å². The van der Waals surface area contributed by atoms with Gasteiger partial charge in [0.1, 0.15) is 13.2 Å². The van der Waals surface area contributed by atoms with Gasteiger partial charge in [-0.15, -0.1) is 0 Å². The molecular weight excluding hydrogens is 991 g/mol. The lowest BCUT2D eigenvalue weighted by atomic mass is 9.89. The summed E-state index contributed by atoms with van der Waals surface area (Å²) in [6.45, 7) is -9.24. The van der Waals surface area contributed by atoms with Gasteiger partial charge < -0.3 is 0 Å². The summed E-state index contributed by atoms with van der Waals surface area (Å²) >= 11 is 6.52. The normalized spacial score (nSPS) is 17.0. The third kappa shape index (κ3) is 7.74. The summed E-state index contributed by atoms with van der Waals surface area (Å²) in [5, 5.41) is -14.4. The van der Waals surface area contributed by atoms with Gasteiger partial charge >= 0.3 is 104 Å². The van der Waals surface area contributed by atoms with E-state index in [1.165, 1.54) is 0 Å². The van der Waals surface area contributed by atoms with Crippen molar-refractivity contribution in [3.05, 3.63) is 0 Å². The van der Waals surface area contributed by atoms with E-state index in [4.69, 9.17) is 0 Å². The molecule has 0 aromatic rings. The smallest absolute Gasteiger partial charge is 0.242 e. The molecule has 0 heterocycles. The van der Waals surface area contributed by atoms with E-state index in [1.54, 1.807) is 0 Å². The standard InChI is InChI=1S/C18H4Cl2F32O4S/c19-17(49,50)15(45,46)13(41,42)11(37,38)9(33,34)7(29,30)5(25,26)3(21,22)1-55-57(53,54)56-2-4(23,24)6(27,28)8(31,32)10(35,36)12(39,40)14(43,44)16(47,48)18(20,51)52/h1-2H2. The fourth-order valence-electron chi connectivity index (χ4n) is 2.90. The van der Waals surface area contributed by atoms with Crippen LogP contribution in [0.15, 0.2) is 0 Å². The van der Waals surface area contributed by atoms with E-state index in [1.807, 2.05) is 0 Å². The zero-order valence-electron chi connectivity index (χ0n) is 24.3. The van der Waals surface area contributed by atoms with Gasteiger partial charge in [0.2, 0.25) is 0 Å². The Labute approximate surface area is 298 Å². The third-order valence-corrected chi connectivity index (χ3v) is 7.63. The number of rotatable bonds is 20. The number of halogens is 34. The molecule has 0 spiro atoms. The summed E-state index contributed by atoms with van der Waals surface area (Å²) < 4.78 is 456. The second-order valence-corrected chi connectivity index (χ2v) is 12.5. The van der Waals surface area contributed by atoms with Crippen LogP contribution >= 0.6 is 23.2 Å². The van der Waals surface area contributed by atoms with E-state index >= 15 is 0 Å². The molecule has 0 N–H and O–H groups in total. The average Bonchev–Trinajstić information content (AvgIpc) is 2.96. The molecular formula is C18H4Cl2F32O4S. The average molecular weight is 995 g/mol. The summed E-state index contributed by atoms with van der Waals surface area (Å²) in [7, 11) is -7.73. The molecule has 0 aliphatic carbocycles. The highest BCUT2D eigenvalue weighted by Crippen LogP contribution is 2.66. The van der Waals surface area contributed by atoms with Crippen LogP contribution in [0.5, 0.6) is 0 Å². The lowest BCUT2D eigenvalue weighted by Crippen LogP contribution is -2.74. The lowest BCUT2D eigenvalue weighted by molar-refractivity contribution is -0.450. The van der Waals surface area contributed by atoms with Gasteiger partial charge in [-0.25, -0.2) is 8.37 Å². The van der Waals surface area contributed by atoms with Gasteiger partial charge in [0.05, 0.1) is 0 Å². The number of hydrogen-bond acceptors (Lipinski definition) is 4. The Hall–Kier alpha value is -1.79. The predicted molar refractivity (Wildman–Crippen MR) is 112 cm³/mol. The summed E-state index contributed by atoms with van der Waals surface area (Å²) in [4.78, 5) is 0. The topological polar surface area (TPSA) is 52.6 Å². The Kier molecular flexibility index (Phi) is 13.7. The third-order valence-electron chi connectivity index (χ3n) is 6.34. The Balaban J connectivity index is 6.68. The van der Waals surface area contributed by atoms with Crippen molar-refractivity contribution in [2.45, 2.75) is 93.7 Å². The summed E-state index contributed by atoms with van der Waals surface area (Å²) in [6.07, 6.45) is 0. The van der Waals surface area contributed by atoms with Crippen LogP contribution in [0.1, 0.15) is 0 Å². The van der Waals surface area contributed by atoms with Crippen LogP contribution in [0.2, 0.25) is 0 Å². The molecule has 0 fully saturated rings. The molecule has 0 amide bonds. The first-order chi connectivity index (χ1) is 23.9. The van der Waals surface area contributed by atoms with Crippen LogP contribution in [0, 0.1) is 0 Å². The van der Waals surface area contributed by atoms with Crippen LogP contribution in [0.3, 0.4) is 0 Å². The van der Waals surface area contributed by atoms with Crippen molar-refractivity contribution in [1.29, 1.82) is 0 Å². The predicted octanol–water partition coefficient (Wildman–Crippen LogP) is 10.8. The second-order valence-electron chi connectivity index (χ2n) is 10.2. The molecule has 39 heteroatoms. The maximum Gasteiger partial charge on any atom is 0.400 e. The zero-order chi connectivity index (χ0) is 47.3. The lowest BCUT2D eigenvalue weighted by Gasteiger charge is -2.43. The van der Waals surface area contributed by atoms with Crippen molar-refractivity contribution < 1.29 is 157 Å². The summed E-state index contributed by atoms with van der Waals surface area (Å²) in [5.74, 6) is -122. The van der Waals surface area contributed by atoms with Crippen molar-refractivity contribution in [3.63, 3.8) is 0 Å². The minimum atomic E-state index is -9.19. The van der Waals surface area contributed by atoms with Gasteiger partial charge in [0.15, 0.2) is 0 Å². The number of alkyl halides is 34. The minimum absolute atomic E-state index is 2.24. The Bertz CT molecular complexity index is 1450. The van der Waals surface area contributed by atoms with E-state index in [2.05, 4.69) is 31.6 Å². The monoisotopic (exact) mass is 994 g/mol. The van der Waals surface area contributed by atoms with Gasteiger partial charge in [0.25, 0.3) is 0 Å². The van der Waals surface area contributed by atoms with Crippen molar-refractivity contribution in [3.8, 4) is 0 Å². The van der Waals surface area contributed by atoms with Crippen LogP contribution < -0.4 is 0 Å². The molecule has 0 atom stereocenters. The number of hydrogen-bond donors (Lipinski definition) is 0. The van der Waals surface area contributed by atoms with Gasteiger partial charge in [-0.1, -0.05) is 0 Å². The fraction of sp³-hybridized carbons (Fsp3) is 1.00. The van der Waals surface area contributed by atoms with Gasteiger partial charge in [-0.3, -0.25) is 0 Å². The van der Waals surface area contributed by atoms with E-state index in [9.17, 15) is 149 Å². The van der Waals surface area contributed by atoms with Gasteiger partial charge in [-0.05, 0) is 23.2 Å². The quantitative estimate of drug-likeness (QED) is 0.0901. The molecule has 344 valence electrons. The first-order valence-corrected chi connectivity index (χ1v) is 14.0. The highest BCUT2D eigenvalue weighted by atomic mass is 35.5. The van der Waals surface area contributed by atoms with Crippen LogP contribution in [-0.2, 0) is 18.8 Å². The van der Waals surface area contributed by atoms with Crippen LogP contribution in [0.4, 0.5) is 140 Å². The molecule has 0 aromatic carbocycles. The first-order valence-electron chi connectivity index (χ1n) is 11.9. The van der Waals surface area contributed by atoms with E-state index in [0.717, 1.165) is 0 Å². The van der Waals surface area contributed by atoms with E-state index < -0.39 is 117 Å². The summed E-state index contributed by atoms with van der Waals surface area (Å²) in [6, 6.07) is 0. The fourth-order valence-corrected chi connectivity index (χ4v) is 3.79. The van der Waals surface area contributed by atoms with Crippen molar-refractivity contribution in [2.24, 2.45) is 0 Å². The Morgan fingerprint density at radius 3 is 0.579 bits per heavy atom. The molecule has 57 heavy (non-hydrogen) atoms. The van der Waals surface area contributed by atoms with Crippen molar-refractivity contribution in [1.82, 2.24) is 0 Å². The molecule has 0 aliphatic rings. The molecule has 0 bridgehead atoms. The SMILES string of the molecule is O=S(=O)(OCC(F)(F)C(F)(F)C(F)(F)C(F)(F)C(F)(F)C(F)(F)C(F)(F)C(F)(F)Cl)OCC(F)(F)C(F)(F)C(F)(F)C(F)(F)C(F)(F)C(F)(F)C(F)(F)C(F)(F)Cl. The molecule has 0 aromatic heterocycles. The maximum absolute atomic E-state index is 13.8. The molecule has 4 nitrogen and oxygen atoms in total. The second kappa shape index (κ2) is 14.1. The van der Waals surface area contributed by atoms with Gasteiger partial charge in [0, 0.05) is 0 Å². The van der Waals surface area contributed by atoms with Crippen LogP contribution in [0.25, 0.3) is 0 Å². The largest absolute Gasteiger partial charge is 0.400 e. The Morgan fingerprint density at radius 2 is 0.421 bits per heavy atom. The highest BCUT2D eigenvalue weighted by molar-refractivity contribution is 7.81. The molecule has 0 unspecified atom stereocenters. The maximum atomic E-state index is 13.8. The Morgan fingerprint density at radius 1 is 0.281 bits per heavy atom. The van der Waals surface area contributed by atoms with Crippen LogP contribution in [-0.4, -0.2) is 115 Å². The zero-order valence-corrected chi connectivity index (χ0v) is 26.6. The highest BCUT2D eigenvalue weighted by Gasteiger charge is 2.96. The molecule has 0 aliphatic heterocycles. The molecule has 0 saturated heterocycles. The minimum Gasteiger partial charge on any atom is -0.242 e. The molecule has 0 saturated carbocycles.